The quantitative estimate of drug-likeness (QED) is 0.668. The molecule has 0 saturated carbocycles. The van der Waals surface area contributed by atoms with Crippen molar-refractivity contribution in [1.29, 1.82) is 0 Å². The Morgan fingerprint density at radius 1 is 0.929 bits per heavy atom. The number of nitrogens with zero attached hydrogens (tertiary/aromatic N) is 1. The number of piperazine rings is 1. The molecule has 142 valence electrons. The zero-order chi connectivity index (χ0) is 19.2. The van der Waals surface area contributed by atoms with Crippen LogP contribution in [0.3, 0.4) is 0 Å². The minimum absolute atomic E-state index is 0.829. The van der Waals surface area contributed by atoms with Crippen LogP contribution in [0.25, 0.3) is 16.8 Å². The van der Waals surface area contributed by atoms with E-state index in [2.05, 4.69) is 95.2 Å². The van der Waals surface area contributed by atoms with Crippen LogP contribution in [0.5, 0.6) is 0 Å². The van der Waals surface area contributed by atoms with Gasteiger partial charge in [0.25, 0.3) is 0 Å². The predicted octanol–water partition coefficient (Wildman–Crippen LogP) is 3.45. The summed E-state index contributed by atoms with van der Waals surface area (Å²) in [4.78, 5) is 3.90. The van der Waals surface area contributed by atoms with Gasteiger partial charge < -0.3 is 15.1 Å². The van der Waals surface area contributed by atoms with Gasteiger partial charge in [-0.1, -0.05) is 72.8 Å². The van der Waals surface area contributed by atoms with E-state index in [4.69, 9.17) is 12.2 Å². The van der Waals surface area contributed by atoms with Crippen molar-refractivity contribution < 1.29 is 4.90 Å². The lowest BCUT2D eigenvalue weighted by molar-refractivity contribution is -0.897. The molecule has 1 aliphatic heterocycles. The summed E-state index contributed by atoms with van der Waals surface area (Å²) in [6.07, 6.45) is 4.50. The molecule has 4 heteroatoms. The third-order valence-corrected chi connectivity index (χ3v) is 5.67. The van der Waals surface area contributed by atoms with Crippen LogP contribution in [0.4, 0.5) is 5.69 Å². The third-order valence-electron chi connectivity index (χ3n) is 5.31. The van der Waals surface area contributed by atoms with Crippen molar-refractivity contribution in [3.63, 3.8) is 0 Å². The van der Waals surface area contributed by atoms with Crippen molar-refractivity contribution in [1.82, 2.24) is 4.90 Å². The van der Waals surface area contributed by atoms with Gasteiger partial charge in [0, 0.05) is 11.1 Å². The van der Waals surface area contributed by atoms with Crippen molar-refractivity contribution in [3.05, 3.63) is 84.4 Å². The molecular weight excluding hydrogens is 362 g/mol. The van der Waals surface area contributed by atoms with Crippen LogP contribution in [0, 0.1) is 0 Å². The molecule has 1 heterocycles. The average Bonchev–Trinajstić information content (AvgIpc) is 2.75. The van der Waals surface area contributed by atoms with Crippen LogP contribution < -0.4 is 10.2 Å². The summed E-state index contributed by atoms with van der Waals surface area (Å²) in [7, 11) is 0. The Balaban J connectivity index is 1.30. The van der Waals surface area contributed by atoms with E-state index in [1.165, 1.54) is 16.3 Å². The number of nitrogens with one attached hydrogen (secondary N) is 2. The second kappa shape index (κ2) is 9.00. The molecule has 4 rings (SSSR count). The molecule has 3 nitrogen and oxygen atoms in total. The highest BCUT2D eigenvalue weighted by Crippen LogP contribution is 2.23. The summed E-state index contributed by atoms with van der Waals surface area (Å²) < 4.78 is 0. The molecule has 0 aliphatic carbocycles. The summed E-state index contributed by atoms with van der Waals surface area (Å²) in [5.41, 5.74) is 2.35. The van der Waals surface area contributed by atoms with Gasteiger partial charge in [-0.15, -0.1) is 0 Å². The summed E-state index contributed by atoms with van der Waals surface area (Å²) in [6.45, 7) is 5.26. The Hall–Kier alpha value is -2.69. The fraction of sp³-hybridized carbons (Fsp3) is 0.208. The third kappa shape index (κ3) is 4.58. The Morgan fingerprint density at radius 3 is 2.46 bits per heavy atom. The molecule has 1 saturated heterocycles. The molecule has 3 aromatic carbocycles. The maximum Gasteiger partial charge on any atom is 0.173 e. The number of benzene rings is 3. The number of quaternary nitrogens is 1. The van der Waals surface area contributed by atoms with Gasteiger partial charge in [-0.2, -0.15) is 0 Å². The molecule has 0 bridgehead atoms. The van der Waals surface area contributed by atoms with E-state index in [0.29, 0.717) is 0 Å². The largest absolute Gasteiger partial charge is 0.338 e. The van der Waals surface area contributed by atoms with Crippen LogP contribution in [0.2, 0.25) is 0 Å². The normalized spacial score (nSPS) is 15.2. The number of hydrogen-bond donors (Lipinski definition) is 2. The lowest BCUT2D eigenvalue weighted by Crippen LogP contribution is -3.14. The van der Waals surface area contributed by atoms with Crippen molar-refractivity contribution in [2.75, 3.05) is 38.0 Å². The van der Waals surface area contributed by atoms with Crippen molar-refractivity contribution in [3.8, 4) is 0 Å². The summed E-state index contributed by atoms with van der Waals surface area (Å²) >= 11 is 5.70. The van der Waals surface area contributed by atoms with E-state index < -0.39 is 0 Å². The molecule has 0 radical (unpaired) electrons. The fourth-order valence-electron chi connectivity index (χ4n) is 3.68. The molecule has 2 N–H and O–H groups in total. The Labute approximate surface area is 172 Å². The fourth-order valence-corrected chi connectivity index (χ4v) is 3.98. The van der Waals surface area contributed by atoms with Gasteiger partial charge in [0.15, 0.2) is 5.11 Å². The molecule has 0 atom stereocenters. The first-order valence-corrected chi connectivity index (χ1v) is 10.3. The molecular formula is C24H26N3S+. The predicted molar refractivity (Wildman–Crippen MR) is 123 cm³/mol. The minimum Gasteiger partial charge on any atom is -0.338 e. The monoisotopic (exact) mass is 388 g/mol. The van der Waals surface area contributed by atoms with Crippen LogP contribution in [-0.4, -0.2) is 42.7 Å². The highest BCUT2D eigenvalue weighted by atomic mass is 32.1. The first kappa shape index (κ1) is 18.7. The lowest BCUT2D eigenvalue weighted by atomic mass is 10.1. The van der Waals surface area contributed by atoms with E-state index in [9.17, 15) is 0 Å². The van der Waals surface area contributed by atoms with E-state index in [0.717, 1.165) is 43.5 Å². The maximum absolute atomic E-state index is 5.70. The van der Waals surface area contributed by atoms with Crippen LogP contribution in [0.15, 0.2) is 78.9 Å². The summed E-state index contributed by atoms with van der Waals surface area (Å²) in [6, 6.07) is 25.2. The van der Waals surface area contributed by atoms with Gasteiger partial charge in [-0.3, -0.25) is 0 Å². The molecule has 3 aromatic rings. The number of thiocarbonyl (C=S) groups is 1. The SMILES string of the molecule is S=C(Nc1cccc2ccccc12)N1CC[NH+](C/C=C/c2ccccc2)CC1. The van der Waals surface area contributed by atoms with Gasteiger partial charge in [0.2, 0.25) is 0 Å². The first-order valence-electron chi connectivity index (χ1n) is 9.88. The second-order valence-electron chi connectivity index (χ2n) is 7.21. The number of fused-ring (bicyclic) bond motifs is 1. The van der Waals surface area contributed by atoms with Crippen molar-refractivity contribution in [2.45, 2.75) is 0 Å². The number of anilines is 1. The van der Waals surface area contributed by atoms with Crippen LogP contribution in [0.1, 0.15) is 5.56 Å². The zero-order valence-electron chi connectivity index (χ0n) is 16.0. The van der Waals surface area contributed by atoms with E-state index >= 15 is 0 Å². The summed E-state index contributed by atoms with van der Waals surface area (Å²) in [5, 5.41) is 6.74. The summed E-state index contributed by atoms with van der Waals surface area (Å²) in [5.74, 6) is 0. The van der Waals surface area contributed by atoms with E-state index in [1.54, 1.807) is 4.90 Å². The molecule has 0 spiro atoms. The van der Waals surface area contributed by atoms with E-state index in [1.807, 2.05) is 0 Å². The minimum atomic E-state index is 0.829. The maximum atomic E-state index is 5.70. The first-order chi connectivity index (χ1) is 13.8. The molecule has 1 aliphatic rings. The molecule has 0 aromatic heterocycles. The standard InChI is InChI=1S/C24H25N3S/c28-24(25-23-14-6-12-21-11-4-5-13-22(21)23)27-18-16-26(17-19-27)15-7-10-20-8-2-1-3-9-20/h1-14H,15-19H2,(H,25,28)/p+1/b10-7+. The van der Waals surface area contributed by atoms with Gasteiger partial charge in [-0.05, 0) is 35.3 Å². The highest BCUT2D eigenvalue weighted by Gasteiger charge is 2.21. The Bertz CT molecular complexity index is 955. The zero-order valence-corrected chi connectivity index (χ0v) is 16.8. The second-order valence-corrected chi connectivity index (χ2v) is 7.60. The smallest absolute Gasteiger partial charge is 0.173 e. The van der Waals surface area contributed by atoms with Gasteiger partial charge >= 0.3 is 0 Å². The lowest BCUT2D eigenvalue weighted by Gasteiger charge is -2.33. The van der Waals surface area contributed by atoms with Gasteiger partial charge in [-0.25, -0.2) is 0 Å². The van der Waals surface area contributed by atoms with E-state index in [-0.39, 0.29) is 0 Å². The molecule has 0 unspecified atom stereocenters. The number of hydrogen-bond acceptors (Lipinski definition) is 1. The van der Waals surface area contributed by atoms with Crippen LogP contribution >= 0.6 is 12.2 Å². The van der Waals surface area contributed by atoms with Crippen molar-refractivity contribution >= 4 is 39.9 Å². The topological polar surface area (TPSA) is 19.7 Å². The van der Waals surface area contributed by atoms with Gasteiger partial charge in [0.1, 0.15) is 0 Å². The molecule has 28 heavy (non-hydrogen) atoms. The molecule has 1 fully saturated rings. The Kier molecular flexibility index (Phi) is 6.00. The Morgan fingerprint density at radius 2 is 1.64 bits per heavy atom. The molecule has 0 amide bonds. The average molecular weight is 389 g/mol. The van der Waals surface area contributed by atoms with Crippen molar-refractivity contribution in [2.24, 2.45) is 0 Å². The highest BCUT2D eigenvalue weighted by molar-refractivity contribution is 7.80. The number of rotatable bonds is 4. The van der Waals surface area contributed by atoms with Gasteiger partial charge in [0.05, 0.1) is 32.7 Å². The van der Waals surface area contributed by atoms with Crippen LogP contribution in [-0.2, 0) is 0 Å².